The fraction of sp³-hybridized carbons (Fsp3) is 0.900. The summed E-state index contributed by atoms with van der Waals surface area (Å²) < 4.78 is 2.45. The molecule has 0 atom stereocenters. The summed E-state index contributed by atoms with van der Waals surface area (Å²) in [4.78, 5) is 2.59. The van der Waals surface area contributed by atoms with Crippen molar-refractivity contribution in [2.45, 2.75) is 32.1 Å². The SMILES string of the molecule is C[N+]1=C2CCCCCN2CCC1.[I-]. The Hall–Kier alpha value is 0.200. The van der Waals surface area contributed by atoms with Crippen LogP contribution in [0.5, 0.6) is 0 Å². The second-order valence-electron chi connectivity index (χ2n) is 3.99. The van der Waals surface area contributed by atoms with Gasteiger partial charge < -0.3 is 24.0 Å². The maximum absolute atomic E-state index is 2.59. The Morgan fingerprint density at radius 3 is 2.69 bits per heavy atom. The highest BCUT2D eigenvalue weighted by Crippen LogP contribution is 2.14. The van der Waals surface area contributed by atoms with Crippen LogP contribution in [0.15, 0.2) is 0 Å². The van der Waals surface area contributed by atoms with Gasteiger partial charge in [0, 0.05) is 12.8 Å². The number of halogens is 1. The third-order valence-corrected chi connectivity index (χ3v) is 3.06. The maximum atomic E-state index is 2.59. The van der Waals surface area contributed by atoms with Gasteiger partial charge in [-0.15, -0.1) is 0 Å². The molecule has 0 aromatic rings. The monoisotopic (exact) mass is 294 g/mol. The summed E-state index contributed by atoms with van der Waals surface area (Å²) in [5, 5.41) is 0. The van der Waals surface area contributed by atoms with Crippen LogP contribution < -0.4 is 24.0 Å². The molecule has 0 saturated carbocycles. The molecule has 0 spiro atoms. The van der Waals surface area contributed by atoms with Crippen molar-refractivity contribution in [3.05, 3.63) is 0 Å². The first-order valence-electron chi connectivity index (χ1n) is 5.20. The lowest BCUT2D eigenvalue weighted by molar-refractivity contribution is -0.510. The topological polar surface area (TPSA) is 6.25 Å². The highest BCUT2D eigenvalue weighted by atomic mass is 127. The summed E-state index contributed by atoms with van der Waals surface area (Å²) in [6.45, 7) is 3.88. The second kappa shape index (κ2) is 5.17. The maximum Gasteiger partial charge on any atom is 0.246 e. The van der Waals surface area contributed by atoms with Crippen molar-refractivity contribution in [3.63, 3.8) is 0 Å². The largest absolute Gasteiger partial charge is 1.00 e. The minimum atomic E-state index is 0. The first kappa shape index (κ1) is 11.3. The van der Waals surface area contributed by atoms with E-state index in [-0.39, 0.29) is 24.0 Å². The van der Waals surface area contributed by atoms with Gasteiger partial charge in [-0.3, -0.25) is 9.48 Å². The molecule has 1 fully saturated rings. The van der Waals surface area contributed by atoms with Crippen molar-refractivity contribution < 1.29 is 28.6 Å². The number of hydrogen-bond donors (Lipinski definition) is 0. The van der Waals surface area contributed by atoms with Crippen LogP contribution in [0.1, 0.15) is 32.1 Å². The molecule has 0 aliphatic carbocycles. The molecular formula is C10H19IN2. The van der Waals surface area contributed by atoms with Crippen molar-refractivity contribution >= 4 is 5.84 Å². The third-order valence-electron chi connectivity index (χ3n) is 3.06. The molecule has 0 unspecified atom stereocenters. The molecule has 3 heteroatoms. The van der Waals surface area contributed by atoms with Gasteiger partial charge in [0.15, 0.2) is 0 Å². The normalized spacial score (nSPS) is 23.3. The van der Waals surface area contributed by atoms with Crippen molar-refractivity contribution in [2.75, 3.05) is 26.7 Å². The lowest BCUT2D eigenvalue weighted by Crippen LogP contribution is -3.00. The standard InChI is InChI=1S/C10H19N2.HI/c1-11-7-5-9-12-8-4-2-3-6-10(11)12;/h2-9H2,1H3;1H/q+1;/p-1. The molecule has 0 N–H and O–H groups in total. The van der Waals surface area contributed by atoms with E-state index in [2.05, 4.69) is 16.5 Å². The van der Waals surface area contributed by atoms with Gasteiger partial charge >= 0.3 is 0 Å². The summed E-state index contributed by atoms with van der Waals surface area (Å²) >= 11 is 0. The van der Waals surface area contributed by atoms with Gasteiger partial charge in [-0.2, -0.15) is 0 Å². The molecule has 2 rings (SSSR count). The predicted molar refractivity (Wildman–Crippen MR) is 50.7 cm³/mol. The fourth-order valence-corrected chi connectivity index (χ4v) is 2.35. The van der Waals surface area contributed by atoms with Crippen molar-refractivity contribution in [2.24, 2.45) is 0 Å². The first-order chi connectivity index (χ1) is 5.88. The average molecular weight is 294 g/mol. The van der Waals surface area contributed by atoms with Gasteiger partial charge in [0.25, 0.3) is 0 Å². The summed E-state index contributed by atoms with van der Waals surface area (Å²) in [6.07, 6.45) is 6.89. The molecule has 76 valence electrons. The summed E-state index contributed by atoms with van der Waals surface area (Å²) in [6, 6.07) is 0. The van der Waals surface area contributed by atoms with E-state index < -0.39 is 0 Å². The third kappa shape index (κ3) is 2.58. The van der Waals surface area contributed by atoms with Gasteiger partial charge in [0.1, 0.15) is 0 Å². The predicted octanol–water partition coefficient (Wildman–Crippen LogP) is -1.69. The minimum Gasteiger partial charge on any atom is -1.00 e. The molecule has 0 aromatic heterocycles. The highest BCUT2D eigenvalue weighted by Gasteiger charge is 2.26. The van der Waals surface area contributed by atoms with Gasteiger partial charge in [0.2, 0.25) is 5.84 Å². The van der Waals surface area contributed by atoms with Gasteiger partial charge in [-0.05, 0) is 19.3 Å². The molecule has 13 heavy (non-hydrogen) atoms. The molecule has 2 heterocycles. The Morgan fingerprint density at radius 2 is 1.85 bits per heavy atom. The van der Waals surface area contributed by atoms with Crippen LogP contribution in [-0.4, -0.2) is 42.0 Å². The Bertz CT molecular complexity index is 201. The van der Waals surface area contributed by atoms with Crippen LogP contribution in [0.4, 0.5) is 0 Å². The number of amidine groups is 1. The molecule has 0 amide bonds. The van der Waals surface area contributed by atoms with Crippen LogP contribution in [-0.2, 0) is 0 Å². The first-order valence-corrected chi connectivity index (χ1v) is 5.20. The molecule has 1 saturated heterocycles. The smallest absolute Gasteiger partial charge is 0.246 e. The Balaban J connectivity index is 0.000000845. The highest BCUT2D eigenvalue weighted by molar-refractivity contribution is 5.78. The van der Waals surface area contributed by atoms with Crippen LogP contribution in [0.3, 0.4) is 0 Å². The Morgan fingerprint density at radius 1 is 1.08 bits per heavy atom. The fourth-order valence-electron chi connectivity index (χ4n) is 2.35. The van der Waals surface area contributed by atoms with Crippen LogP contribution >= 0.6 is 0 Å². The Kier molecular flexibility index (Phi) is 4.49. The second-order valence-corrected chi connectivity index (χ2v) is 3.99. The molecule has 0 radical (unpaired) electrons. The number of rotatable bonds is 0. The quantitative estimate of drug-likeness (QED) is 0.382. The molecule has 2 aliphatic rings. The lowest BCUT2D eigenvalue weighted by atomic mass is 10.2. The van der Waals surface area contributed by atoms with Crippen LogP contribution in [0.2, 0.25) is 0 Å². The summed E-state index contributed by atoms with van der Waals surface area (Å²) in [5.74, 6) is 1.61. The van der Waals surface area contributed by atoms with E-state index in [0.29, 0.717) is 0 Å². The van der Waals surface area contributed by atoms with Crippen molar-refractivity contribution in [3.8, 4) is 0 Å². The summed E-state index contributed by atoms with van der Waals surface area (Å²) in [7, 11) is 2.24. The minimum absolute atomic E-state index is 0. The number of fused-ring (bicyclic) bond motifs is 1. The van der Waals surface area contributed by atoms with E-state index in [1.165, 1.54) is 51.7 Å². The van der Waals surface area contributed by atoms with E-state index in [0.717, 1.165) is 0 Å². The van der Waals surface area contributed by atoms with E-state index in [4.69, 9.17) is 0 Å². The zero-order valence-corrected chi connectivity index (χ0v) is 10.6. The van der Waals surface area contributed by atoms with E-state index >= 15 is 0 Å². The van der Waals surface area contributed by atoms with Gasteiger partial charge in [0.05, 0.1) is 26.7 Å². The zero-order valence-electron chi connectivity index (χ0n) is 8.43. The van der Waals surface area contributed by atoms with E-state index in [1.54, 1.807) is 5.84 Å². The number of nitrogens with zero attached hydrogens (tertiary/aromatic N) is 2. The lowest BCUT2D eigenvalue weighted by Gasteiger charge is -2.23. The van der Waals surface area contributed by atoms with Crippen molar-refractivity contribution in [1.29, 1.82) is 0 Å². The van der Waals surface area contributed by atoms with Crippen molar-refractivity contribution in [1.82, 2.24) is 4.90 Å². The van der Waals surface area contributed by atoms with Crippen LogP contribution in [0, 0.1) is 0 Å². The van der Waals surface area contributed by atoms with E-state index in [1.807, 2.05) is 0 Å². The number of hydrogen-bond acceptors (Lipinski definition) is 1. The summed E-state index contributed by atoms with van der Waals surface area (Å²) in [5.41, 5.74) is 0. The molecule has 0 aromatic carbocycles. The van der Waals surface area contributed by atoms with Crippen LogP contribution in [0.25, 0.3) is 0 Å². The molecule has 0 bridgehead atoms. The zero-order chi connectivity index (χ0) is 8.39. The molecular weight excluding hydrogens is 275 g/mol. The van der Waals surface area contributed by atoms with Gasteiger partial charge in [-0.25, -0.2) is 0 Å². The van der Waals surface area contributed by atoms with Gasteiger partial charge in [-0.1, -0.05) is 0 Å². The van der Waals surface area contributed by atoms with E-state index in [9.17, 15) is 0 Å². The average Bonchev–Trinajstić information content (AvgIpc) is 2.30. The Labute approximate surface area is 98.0 Å². The molecule has 2 nitrogen and oxygen atoms in total. The molecule has 2 aliphatic heterocycles.